The molecule has 0 aliphatic carbocycles. The standard InChI is InChI=1S/C17H21NO/c1-18(2)16-12-10-15(11-13-16)7-6-14-19-17-8-4-3-5-9-17/h3-5,8-13H,6-7,14H2,1-2H3. The van der Waals surface area contributed by atoms with Crippen molar-refractivity contribution in [2.75, 3.05) is 25.6 Å². The summed E-state index contributed by atoms with van der Waals surface area (Å²) in [7, 11) is 4.12. The summed E-state index contributed by atoms with van der Waals surface area (Å²) in [6, 6.07) is 18.7. The molecule has 0 atom stereocenters. The van der Waals surface area contributed by atoms with E-state index in [-0.39, 0.29) is 0 Å². The van der Waals surface area contributed by atoms with E-state index in [1.807, 2.05) is 30.3 Å². The average molecular weight is 255 g/mol. The van der Waals surface area contributed by atoms with Gasteiger partial charge in [-0.25, -0.2) is 0 Å². The first-order valence-corrected chi connectivity index (χ1v) is 6.70. The van der Waals surface area contributed by atoms with Gasteiger partial charge in [-0.05, 0) is 42.7 Å². The molecule has 0 aliphatic rings. The van der Waals surface area contributed by atoms with Crippen LogP contribution in [0.1, 0.15) is 12.0 Å². The van der Waals surface area contributed by atoms with Crippen molar-refractivity contribution in [2.45, 2.75) is 12.8 Å². The number of aryl methyl sites for hydroxylation is 1. The summed E-state index contributed by atoms with van der Waals surface area (Å²) in [6.45, 7) is 0.763. The molecule has 0 N–H and O–H groups in total. The minimum atomic E-state index is 0.763. The van der Waals surface area contributed by atoms with Crippen molar-refractivity contribution < 1.29 is 4.74 Å². The predicted octanol–water partition coefficient (Wildman–Crippen LogP) is 3.76. The summed E-state index contributed by atoms with van der Waals surface area (Å²) < 4.78 is 5.68. The van der Waals surface area contributed by atoms with Crippen molar-refractivity contribution in [2.24, 2.45) is 0 Å². The van der Waals surface area contributed by atoms with Crippen LogP contribution in [0.15, 0.2) is 54.6 Å². The van der Waals surface area contributed by atoms with Gasteiger partial charge in [0.2, 0.25) is 0 Å². The van der Waals surface area contributed by atoms with Crippen LogP contribution in [0, 0.1) is 0 Å². The normalized spacial score (nSPS) is 10.2. The van der Waals surface area contributed by atoms with E-state index in [2.05, 4.69) is 43.3 Å². The Kier molecular flexibility index (Phi) is 4.85. The van der Waals surface area contributed by atoms with Crippen LogP contribution >= 0.6 is 0 Å². The second-order valence-electron chi connectivity index (χ2n) is 4.83. The smallest absolute Gasteiger partial charge is 0.119 e. The molecule has 0 radical (unpaired) electrons. The first kappa shape index (κ1) is 13.5. The van der Waals surface area contributed by atoms with E-state index >= 15 is 0 Å². The number of ether oxygens (including phenoxy) is 1. The topological polar surface area (TPSA) is 12.5 Å². The van der Waals surface area contributed by atoms with Gasteiger partial charge in [0.25, 0.3) is 0 Å². The molecular weight excluding hydrogens is 234 g/mol. The molecule has 0 bridgehead atoms. The first-order chi connectivity index (χ1) is 9.25. The van der Waals surface area contributed by atoms with Gasteiger partial charge >= 0.3 is 0 Å². The molecular formula is C17H21NO. The highest BCUT2D eigenvalue weighted by atomic mass is 16.5. The van der Waals surface area contributed by atoms with Gasteiger partial charge in [0.1, 0.15) is 5.75 Å². The van der Waals surface area contributed by atoms with Crippen LogP contribution in [0.3, 0.4) is 0 Å². The summed E-state index contributed by atoms with van der Waals surface area (Å²) in [5.74, 6) is 0.949. The van der Waals surface area contributed by atoms with Crippen molar-refractivity contribution in [3.63, 3.8) is 0 Å². The van der Waals surface area contributed by atoms with Crippen LogP contribution in [0.2, 0.25) is 0 Å². The van der Waals surface area contributed by atoms with Crippen LogP contribution < -0.4 is 9.64 Å². The monoisotopic (exact) mass is 255 g/mol. The second-order valence-corrected chi connectivity index (χ2v) is 4.83. The summed E-state index contributed by atoms with van der Waals surface area (Å²) in [5.41, 5.74) is 2.60. The van der Waals surface area contributed by atoms with Gasteiger partial charge in [0.05, 0.1) is 6.61 Å². The quantitative estimate of drug-likeness (QED) is 0.729. The van der Waals surface area contributed by atoms with Gasteiger partial charge in [0, 0.05) is 19.8 Å². The van der Waals surface area contributed by atoms with E-state index in [0.717, 1.165) is 25.2 Å². The van der Waals surface area contributed by atoms with Gasteiger partial charge in [0.15, 0.2) is 0 Å². The minimum absolute atomic E-state index is 0.763. The lowest BCUT2D eigenvalue weighted by atomic mass is 10.1. The Morgan fingerprint density at radius 3 is 2.21 bits per heavy atom. The third kappa shape index (κ3) is 4.32. The summed E-state index contributed by atoms with van der Waals surface area (Å²) in [4.78, 5) is 2.11. The number of anilines is 1. The largest absolute Gasteiger partial charge is 0.494 e. The van der Waals surface area contributed by atoms with Gasteiger partial charge in [-0.1, -0.05) is 30.3 Å². The molecule has 0 fully saturated rings. The van der Waals surface area contributed by atoms with E-state index in [4.69, 9.17) is 4.74 Å². The zero-order chi connectivity index (χ0) is 13.5. The fourth-order valence-corrected chi connectivity index (χ4v) is 1.94. The SMILES string of the molecule is CN(C)c1ccc(CCCOc2ccccc2)cc1. The summed E-state index contributed by atoms with van der Waals surface area (Å²) in [6.07, 6.45) is 2.09. The van der Waals surface area contributed by atoms with E-state index in [1.54, 1.807) is 0 Å². The van der Waals surface area contributed by atoms with Crippen LogP contribution in [0.4, 0.5) is 5.69 Å². The fraction of sp³-hybridized carbons (Fsp3) is 0.294. The molecule has 2 nitrogen and oxygen atoms in total. The molecule has 0 heterocycles. The van der Waals surface area contributed by atoms with Crippen LogP contribution in [-0.4, -0.2) is 20.7 Å². The number of nitrogens with zero attached hydrogens (tertiary/aromatic N) is 1. The lowest BCUT2D eigenvalue weighted by Gasteiger charge is -2.12. The molecule has 0 saturated carbocycles. The maximum absolute atomic E-state index is 5.68. The molecule has 100 valence electrons. The van der Waals surface area contributed by atoms with Crippen molar-refractivity contribution in [3.8, 4) is 5.75 Å². The molecule has 0 aliphatic heterocycles. The van der Waals surface area contributed by atoms with Gasteiger partial charge in [-0.2, -0.15) is 0 Å². The van der Waals surface area contributed by atoms with Crippen molar-refractivity contribution in [1.82, 2.24) is 0 Å². The molecule has 2 aromatic carbocycles. The predicted molar refractivity (Wildman–Crippen MR) is 81.0 cm³/mol. The van der Waals surface area contributed by atoms with Crippen LogP contribution in [0.5, 0.6) is 5.75 Å². The Balaban J connectivity index is 1.74. The molecule has 0 unspecified atom stereocenters. The van der Waals surface area contributed by atoms with Crippen molar-refractivity contribution >= 4 is 5.69 Å². The first-order valence-electron chi connectivity index (χ1n) is 6.70. The number of para-hydroxylation sites is 1. The zero-order valence-electron chi connectivity index (χ0n) is 11.7. The number of rotatable bonds is 6. The van der Waals surface area contributed by atoms with Crippen LogP contribution in [-0.2, 0) is 6.42 Å². The summed E-state index contributed by atoms with van der Waals surface area (Å²) in [5, 5.41) is 0. The average Bonchev–Trinajstić information content (AvgIpc) is 2.45. The highest BCUT2D eigenvalue weighted by Gasteiger charge is 1.97. The molecule has 2 aromatic rings. The molecule has 2 heteroatoms. The Bertz CT molecular complexity index is 476. The second kappa shape index (κ2) is 6.83. The molecule has 19 heavy (non-hydrogen) atoms. The van der Waals surface area contributed by atoms with Crippen LogP contribution in [0.25, 0.3) is 0 Å². The zero-order valence-corrected chi connectivity index (χ0v) is 11.7. The molecule has 0 spiro atoms. The lowest BCUT2D eigenvalue weighted by Crippen LogP contribution is -2.08. The van der Waals surface area contributed by atoms with Gasteiger partial charge < -0.3 is 9.64 Å². The van der Waals surface area contributed by atoms with Gasteiger partial charge in [-0.15, -0.1) is 0 Å². The third-order valence-electron chi connectivity index (χ3n) is 3.07. The molecule has 2 rings (SSSR count). The van der Waals surface area contributed by atoms with E-state index in [9.17, 15) is 0 Å². The molecule has 0 amide bonds. The Labute approximate surface area is 115 Å². The summed E-state index contributed by atoms with van der Waals surface area (Å²) >= 11 is 0. The third-order valence-corrected chi connectivity index (χ3v) is 3.07. The fourth-order valence-electron chi connectivity index (χ4n) is 1.94. The van der Waals surface area contributed by atoms with E-state index in [0.29, 0.717) is 0 Å². The minimum Gasteiger partial charge on any atom is -0.494 e. The van der Waals surface area contributed by atoms with Crippen molar-refractivity contribution in [3.05, 3.63) is 60.2 Å². The Morgan fingerprint density at radius 2 is 1.58 bits per heavy atom. The number of benzene rings is 2. The number of hydrogen-bond donors (Lipinski definition) is 0. The van der Waals surface area contributed by atoms with E-state index < -0.39 is 0 Å². The van der Waals surface area contributed by atoms with E-state index in [1.165, 1.54) is 11.3 Å². The maximum Gasteiger partial charge on any atom is 0.119 e. The molecule has 0 saturated heterocycles. The Hall–Kier alpha value is -1.96. The van der Waals surface area contributed by atoms with Crippen molar-refractivity contribution in [1.29, 1.82) is 0 Å². The lowest BCUT2D eigenvalue weighted by molar-refractivity contribution is 0.311. The highest BCUT2D eigenvalue weighted by molar-refractivity contribution is 5.45. The van der Waals surface area contributed by atoms with Gasteiger partial charge in [-0.3, -0.25) is 0 Å². The maximum atomic E-state index is 5.68. The highest BCUT2D eigenvalue weighted by Crippen LogP contribution is 2.14. The Morgan fingerprint density at radius 1 is 0.895 bits per heavy atom. The molecule has 0 aromatic heterocycles. The number of hydrogen-bond acceptors (Lipinski definition) is 2.